The van der Waals surface area contributed by atoms with Gasteiger partial charge in [0.25, 0.3) is 0 Å². The zero-order chi connectivity index (χ0) is 11.4. The van der Waals surface area contributed by atoms with Gasteiger partial charge in [0, 0.05) is 6.07 Å². The van der Waals surface area contributed by atoms with Crippen LogP contribution < -0.4 is 4.74 Å². The van der Waals surface area contributed by atoms with Crippen LogP contribution in [0.2, 0.25) is 5.02 Å². The molecule has 0 spiro atoms. The maximum absolute atomic E-state index is 13.4. The molecule has 1 aromatic rings. The van der Waals surface area contributed by atoms with Gasteiger partial charge in [0.2, 0.25) is 0 Å². The summed E-state index contributed by atoms with van der Waals surface area (Å²) in [5, 5.41) is -0.169. The molecule has 15 heavy (non-hydrogen) atoms. The molecule has 0 saturated heterocycles. The van der Waals surface area contributed by atoms with E-state index in [-0.39, 0.29) is 17.2 Å². The van der Waals surface area contributed by atoms with E-state index in [9.17, 15) is 9.18 Å². The lowest BCUT2D eigenvalue weighted by Gasteiger charge is -2.07. The quantitative estimate of drug-likeness (QED) is 0.752. The van der Waals surface area contributed by atoms with Crippen molar-refractivity contribution in [1.29, 1.82) is 0 Å². The van der Waals surface area contributed by atoms with E-state index in [0.717, 1.165) is 0 Å². The predicted octanol–water partition coefficient (Wildman–Crippen LogP) is 2.66. The van der Waals surface area contributed by atoms with Gasteiger partial charge in [0.15, 0.2) is 5.82 Å². The maximum atomic E-state index is 13.4. The van der Waals surface area contributed by atoms with Gasteiger partial charge in [-0.25, -0.2) is 9.18 Å². The number of hydrogen-bond acceptors (Lipinski definition) is 3. The van der Waals surface area contributed by atoms with E-state index in [1.807, 2.05) is 0 Å². The van der Waals surface area contributed by atoms with Gasteiger partial charge in [-0.2, -0.15) is 0 Å². The second kappa shape index (κ2) is 4.98. The molecule has 1 rings (SSSR count). The van der Waals surface area contributed by atoms with Crippen LogP contribution in [-0.4, -0.2) is 19.7 Å². The smallest absolute Gasteiger partial charge is 0.341 e. The Morgan fingerprint density at radius 1 is 1.53 bits per heavy atom. The van der Waals surface area contributed by atoms with Gasteiger partial charge in [-0.3, -0.25) is 0 Å². The minimum absolute atomic E-state index is 0.169. The highest BCUT2D eigenvalue weighted by Crippen LogP contribution is 2.25. The fourth-order valence-corrected chi connectivity index (χ4v) is 1.25. The van der Waals surface area contributed by atoms with E-state index in [1.54, 1.807) is 6.92 Å². The summed E-state index contributed by atoms with van der Waals surface area (Å²) in [5.74, 6) is -1.24. The van der Waals surface area contributed by atoms with E-state index in [1.165, 1.54) is 19.2 Å². The Morgan fingerprint density at radius 2 is 2.20 bits per heavy atom. The molecule has 0 aromatic heterocycles. The number of hydrogen-bond donors (Lipinski definition) is 0. The van der Waals surface area contributed by atoms with Crippen molar-refractivity contribution in [2.45, 2.75) is 6.92 Å². The number of benzene rings is 1. The summed E-state index contributed by atoms with van der Waals surface area (Å²) >= 11 is 5.58. The number of halogens is 2. The SMILES string of the molecule is CCOC(=O)c1cc(OC)cc(Cl)c1F. The number of ether oxygens (including phenoxy) is 2. The van der Waals surface area contributed by atoms with Crippen LogP contribution in [0.15, 0.2) is 12.1 Å². The Balaban J connectivity index is 3.15. The predicted molar refractivity (Wildman–Crippen MR) is 53.9 cm³/mol. The van der Waals surface area contributed by atoms with Crippen LogP contribution in [0.5, 0.6) is 5.75 Å². The Hall–Kier alpha value is -1.29. The molecule has 0 aliphatic rings. The molecule has 0 amide bonds. The lowest BCUT2D eigenvalue weighted by Crippen LogP contribution is -2.07. The number of methoxy groups -OCH3 is 1. The second-order valence-corrected chi connectivity index (χ2v) is 3.10. The summed E-state index contributed by atoms with van der Waals surface area (Å²) in [6.45, 7) is 1.81. The third-order valence-electron chi connectivity index (χ3n) is 1.73. The summed E-state index contributed by atoms with van der Waals surface area (Å²) in [6, 6.07) is 2.54. The summed E-state index contributed by atoms with van der Waals surface area (Å²) < 4.78 is 22.9. The van der Waals surface area contributed by atoms with Crippen LogP contribution >= 0.6 is 11.6 Å². The molecule has 0 radical (unpaired) electrons. The van der Waals surface area contributed by atoms with Crippen molar-refractivity contribution >= 4 is 17.6 Å². The van der Waals surface area contributed by atoms with Gasteiger partial charge in [-0.05, 0) is 13.0 Å². The first kappa shape index (κ1) is 11.8. The standard InChI is InChI=1S/C10H10ClFO3/c1-3-15-10(13)7-4-6(14-2)5-8(11)9(7)12/h4-5H,3H2,1-2H3. The van der Waals surface area contributed by atoms with Crippen molar-refractivity contribution in [3.05, 3.63) is 28.5 Å². The van der Waals surface area contributed by atoms with Gasteiger partial charge < -0.3 is 9.47 Å². The van der Waals surface area contributed by atoms with Crippen molar-refractivity contribution in [3.8, 4) is 5.75 Å². The molecule has 3 nitrogen and oxygen atoms in total. The van der Waals surface area contributed by atoms with E-state index >= 15 is 0 Å². The minimum atomic E-state index is -0.795. The fraction of sp³-hybridized carbons (Fsp3) is 0.300. The second-order valence-electron chi connectivity index (χ2n) is 2.69. The van der Waals surface area contributed by atoms with Crippen molar-refractivity contribution in [2.75, 3.05) is 13.7 Å². The molecule has 0 N–H and O–H groups in total. The fourth-order valence-electron chi connectivity index (χ4n) is 1.04. The third kappa shape index (κ3) is 2.59. The van der Waals surface area contributed by atoms with Crippen LogP contribution in [0.25, 0.3) is 0 Å². The molecule has 0 aliphatic heterocycles. The summed E-state index contributed by atoms with van der Waals surface area (Å²) in [5.41, 5.74) is -0.221. The van der Waals surface area contributed by atoms with Crippen LogP contribution in [-0.2, 0) is 4.74 Å². The maximum Gasteiger partial charge on any atom is 0.341 e. The topological polar surface area (TPSA) is 35.5 Å². The summed E-state index contributed by atoms with van der Waals surface area (Å²) in [4.78, 5) is 11.3. The minimum Gasteiger partial charge on any atom is -0.497 e. The summed E-state index contributed by atoms with van der Waals surface area (Å²) in [6.07, 6.45) is 0. The van der Waals surface area contributed by atoms with E-state index in [4.69, 9.17) is 16.3 Å². The molecule has 82 valence electrons. The van der Waals surface area contributed by atoms with Crippen LogP contribution in [0.3, 0.4) is 0 Å². The van der Waals surface area contributed by atoms with Gasteiger partial charge in [0.1, 0.15) is 11.3 Å². The molecule has 0 aliphatic carbocycles. The number of rotatable bonds is 3. The monoisotopic (exact) mass is 232 g/mol. The lowest BCUT2D eigenvalue weighted by molar-refractivity contribution is 0.0520. The first-order valence-electron chi connectivity index (χ1n) is 4.30. The van der Waals surface area contributed by atoms with Crippen molar-refractivity contribution in [3.63, 3.8) is 0 Å². The number of esters is 1. The molecule has 0 atom stereocenters. The molecule has 0 unspecified atom stereocenters. The van der Waals surface area contributed by atoms with Crippen LogP contribution in [0.1, 0.15) is 17.3 Å². The van der Waals surface area contributed by atoms with Gasteiger partial charge in [0.05, 0.1) is 18.7 Å². The van der Waals surface area contributed by atoms with Gasteiger partial charge in [-0.15, -0.1) is 0 Å². The molecule has 0 bridgehead atoms. The van der Waals surface area contributed by atoms with E-state index in [2.05, 4.69) is 4.74 Å². The Kier molecular flexibility index (Phi) is 3.91. The van der Waals surface area contributed by atoms with Gasteiger partial charge in [-0.1, -0.05) is 11.6 Å². The average Bonchev–Trinajstić information content (AvgIpc) is 2.22. The third-order valence-corrected chi connectivity index (χ3v) is 2.01. The first-order valence-corrected chi connectivity index (χ1v) is 4.68. The average molecular weight is 233 g/mol. The Bertz CT molecular complexity index is 379. The Labute approximate surface area is 91.7 Å². The van der Waals surface area contributed by atoms with Crippen LogP contribution in [0, 0.1) is 5.82 Å². The molecule has 5 heteroatoms. The highest BCUT2D eigenvalue weighted by molar-refractivity contribution is 6.31. The Morgan fingerprint density at radius 3 is 2.73 bits per heavy atom. The van der Waals surface area contributed by atoms with E-state index < -0.39 is 11.8 Å². The lowest BCUT2D eigenvalue weighted by atomic mass is 10.2. The molecule has 1 aromatic carbocycles. The van der Waals surface area contributed by atoms with E-state index in [0.29, 0.717) is 5.75 Å². The number of carbonyl (C=O) groups is 1. The molecular weight excluding hydrogens is 223 g/mol. The van der Waals surface area contributed by atoms with Crippen molar-refractivity contribution in [1.82, 2.24) is 0 Å². The zero-order valence-electron chi connectivity index (χ0n) is 8.34. The summed E-state index contributed by atoms with van der Waals surface area (Å²) in [7, 11) is 1.40. The normalized spacial score (nSPS) is 9.87. The molecule has 0 heterocycles. The molecule has 0 saturated carbocycles. The van der Waals surface area contributed by atoms with Gasteiger partial charge >= 0.3 is 5.97 Å². The number of carbonyl (C=O) groups excluding carboxylic acids is 1. The highest BCUT2D eigenvalue weighted by atomic mass is 35.5. The highest BCUT2D eigenvalue weighted by Gasteiger charge is 2.17. The molecule has 0 fully saturated rings. The first-order chi connectivity index (χ1) is 7.10. The zero-order valence-corrected chi connectivity index (χ0v) is 9.10. The van der Waals surface area contributed by atoms with Crippen molar-refractivity contribution in [2.24, 2.45) is 0 Å². The van der Waals surface area contributed by atoms with Crippen LogP contribution in [0.4, 0.5) is 4.39 Å². The largest absolute Gasteiger partial charge is 0.497 e. The molecular formula is C10H10ClFO3. The van der Waals surface area contributed by atoms with Crippen molar-refractivity contribution < 1.29 is 18.7 Å².